The second kappa shape index (κ2) is 7.83. The van der Waals surface area contributed by atoms with Gasteiger partial charge in [0.1, 0.15) is 5.54 Å². The van der Waals surface area contributed by atoms with Crippen molar-refractivity contribution in [1.29, 1.82) is 0 Å². The van der Waals surface area contributed by atoms with Crippen LogP contribution in [0.1, 0.15) is 50.0 Å². The number of likely N-dealkylation sites (tertiary alicyclic amines) is 1. The van der Waals surface area contributed by atoms with Crippen molar-refractivity contribution in [2.24, 2.45) is 0 Å². The molecule has 1 N–H and O–H groups in total. The van der Waals surface area contributed by atoms with Crippen molar-refractivity contribution in [3.05, 3.63) is 66.2 Å². The van der Waals surface area contributed by atoms with E-state index in [1.54, 1.807) is 0 Å². The van der Waals surface area contributed by atoms with Crippen LogP contribution >= 0.6 is 0 Å². The van der Waals surface area contributed by atoms with Crippen LogP contribution in [0.4, 0.5) is 5.69 Å². The summed E-state index contributed by atoms with van der Waals surface area (Å²) >= 11 is 0. The lowest BCUT2D eigenvalue weighted by molar-refractivity contribution is -0.125. The van der Waals surface area contributed by atoms with Gasteiger partial charge in [0.05, 0.1) is 6.67 Å². The highest BCUT2D eigenvalue weighted by molar-refractivity contribution is 5.93. The number of hydrogen-bond acceptors (Lipinski definition) is 3. The fourth-order valence-corrected chi connectivity index (χ4v) is 5.90. The zero-order valence-corrected chi connectivity index (χ0v) is 17.1. The SMILES string of the molecule is O=C1NCN(c2ccccc2)C12CCN(C1CCCC[C@@H]1c1ccccc1)CC2. The summed E-state index contributed by atoms with van der Waals surface area (Å²) in [5.74, 6) is 0.839. The maximum absolute atomic E-state index is 12.9. The van der Waals surface area contributed by atoms with E-state index in [0.29, 0.717) is 18.6 Å². The number of anilines is 1. The predicted octanol–water partition coefficient (Wildman–Crippen LogP) is 4.14. The molecule has 2 aromatic rings. The second-order valence-corrected chi connectivity index (χ2v) is 8.86. The van der Waals surface area contributed by atoms with E-state index in [1.807, 2.05) is 6.07 Å². The molecule has 2 aromatic carbocycles. The lowest BCUT2D eigenvalue weighted by Crippen LogP contribution is -2.58. The molecule has 4 nitrogen and oxygen atoms in total. The number of hydrogen-bond donors (Lipinski definition) is 1. The van der Waals surface area contributed by atoms with E-state index in [4.69, 9.17) is 0 Å². The Kier molecular flexibility index (Phi) is 5.04. The van der Waals surface area contributed by atoms with Crippen LogP contribution in [-0.4, -0.2) is 42.1 Å². The van der Waals surface area contributed by atoms with Gasteiger partial charge in [-0.1, -0.05) is 61.4 Å². The van der Waals surface area contributed by atoms with E-state index < -0.39 is 0 Å². The summed E-state index contributed by atoms with van der Waals surface area (Å²) in [5, 5.41) is 3.13. The molecule has 1 spiro atoms. The van der Waals surface area contributed by atoms with E-state index in [2.05, 4.69) is 69.7 Å². The fraction of sp³-hybridized carbons (Fsp3) is 0.480. The van der Waals surface area contributed by atoms with Crippen molar-refractivity contribution in [3.8, 4) is 0 Å². The first-order chi connectivity index (χ1) is 14.3. The molecule has 3 fully saturated rings. The molecule has 0 aromatic heterocycles. The molecule has 1 aliphatic carbocycles. The van der Waals surface area contributed by atoms with Crippen LogP contribution in [0, 0.1) is 0 Å². The third-order valence-electron chi connectivity index (χ3n) is 7.46. The number of nitrogens with zero attached hydrogens (tertiary/aromatic N) is 2. The van der Waals surface area contributed by atoms with Crippen LogP contribution in [0.3, 0.4) is 0 Å². The summed E-state index contributed by atoms with van der Waals surface area (Å²) in [5.41, 5.74) is 2.26. The first kappa shape index (κ1) is 18.7. The maximum Gasteiger partial charge on any atom is 0.247 e. The Morgan fingerprint density at radius 3 is 2.24 bits per heavy atom. The largest absolute Gasteiger partial charge is 0.339 e. The normalized spacial score (nSPS) is 27.2. The van der Waals surface area contributed by atoms with Crippen molar-refractivity contribution >= 4 is 11.6 Å². The molecule has 4 heteroatoms. The third kappa shape index (κ3) is 3.33. The average molecular weight is 390 g/mol. The Hall–Kier alpha value is -2.33. The zero-order chi connectivity index (χ0) is 19.7. The van der Waals surface area contributed by atoms with Gasteiger partial charge in [0.15, 0.2) is 0 Å². The number of piperidine rings is 1. The molecule has 2 saturated heterocycles. The van der Waals surface area contributed by atoms with Gasteiger partial charge in [0.2, 0.25) is 5.91 Å². The summed E-state index contributed by atoms with van der Waals surface area (Å²) in [7, 11) is 0. The van der Waals surface area contributed by atoms with Gasteiger partial charge in [-0.15, -0.1) is 0 Å². The van der Waals surface area contributed by atoms with Gasteiger partial charge in [-0.05, 0) is 49.3 Å². The molecule has 152 valence electrons. The zero-order valence-electron chi connectivity index (χ0n) is 17.1. The molecule has 0 radical (unpaired) electrons. The lowest BCUT2D eigenvalue weighted by Gasteiger charge is -2.48. The average Bonchev–Trinajstić information content (AvgIpc) is 3.11. The Bertz CT molecular complexity index is 830. The van der Waals surface area contributed by atoms with Crippen LogP contribution < -0.4 is 10.2 Å². The first-order valence-corrected chi connectivity index (χ1v) is 11.2. The van der Waals surface area contributed by atoms with E-state index in [1.165, 1.54) is 31.2 Å². The van der Waals surface area contributed by atoms with Gasteiger partial charge in [-0.25, -0.2) is 0 Å². The van der Waals surface area contributed by atoms with Crippen molar-refractivity contribution in [3.63, 3.8) is 0 Å². The molecule has 1 unspecified atom stereocenters. The molecule has 2 heterocycles. The van der Waals surface area contributed by atoms with Gasteiger partial charge < -0.3 is 10.2 Å². The summed E-state index contributed by atoms with van der Waals surface area (Å²) in [4.78, 5) is 17.9. The van der Waals surface area contributed by atoms with Crippen molar-refractivity contribution in [1.82, 2.24) is 10.2 Å². The van der Waals surface area contributed by atoms with Crippen molar-refractivity contribution in [2.45, 2.75) is 56.0 Å². The Morgan fingerprint density at radius 2 is 1.52 bits per heavy atom. The topological polar surface area (TPSA) is 35.6 Å². The van der Waals surface area contributed by atoms with Crippen LogP contribution in [0.25, 0.3) is 0 Å². The number of amides is 1. The number of carbonyl (C=O) groups is 1. The van der Waals surface area contributed by atoms with E-state index in [-0.39, 0.29) is 11.4 Å². The van der Waals surface area contributed by atoms with Gasteiger partial charge in [0.25, 0.3) is 0 Å². The molecule has 1 saturated carbocycles. The van der Waals surface area contributed by atoms with Gasteiger partial charge in [0, 0.05) is 24.8 Å². The lowest BCUT2D eigenvalue weighted by atomic mass is 9.77. The first-order valence-electron chi connectivity index (χ1n) is 11.2. The van der Waals surface area contributed by atoms with Gasteiger partial charge >= 0.3 is 0 Å². The minimum Gasteiger partial charge on any atom is -0.339 e. The summed E-state index contributed by atoms with van der Waals surface area (Å²) < 4.78 is 0. The van der Waals surface area contributed by atoms with Crippen LogP contribution in [0.2, 0.25) is 0 Å². The van der Waals surface area contributed by atoms with Crippen LogP contribution in [0.15, 0.2) is 60.7 Å². The number of benzene rings is 2. The molecule has 2 aliphatic heterocycles. The minimum absolute atomic E-state index is 0.212. The number of rotatable bonds is 3. The van der Waals surface area contributed by atoms with Crippen molar-refractivity contribution in [2.75, 3.05) is 24.7 Å². The third-order valence-corrected chi connectivity index (χ3v) is 7.46. The molecule has 29 heavy (non-hydrogen) atoms. The van der Waals surface area contributed by atoms with E-state index >= 15 is 0 Å². The molecular weight excluding hydrogens is 358 g/mol. The maximum atomic E-state index is 12.9. The summed E-state index contributed by atoms with van der Waals surface area (Å²) in [6, 6.07) is 22.1. The standard InChI is InChI=1S/C25H31N3O/c29-24-25(28(19-26-24)21-11-5-2-6-12-21)15-17-27(18-16-25)23-14-8-7-13-22(23)20-9-3-1-4-10-20/h1-6,9-12,22-23H,7-8,13-19H2,(H,26,29)/t22-,23?/m1/s1. The van der Waals surface area contributed by atoms with Crippen molar-refractivity contribution < 1.29 is 4.79 Å². The predicted molar refractivity (Wildman–Crippen MR) is 117 cm³/mol. The van der Waals surface area contributed by atoms with E-state index in [0.717, 1.165) is 31.6 Å². The highest BCUT2D eigenvalue weighted by atomic mass is 16.2. The number of nitrogens with one attached hydrogen (secondary N) is 1. The molecule has 1 amide bonds. The molecule has 3 aliphatic rings. The molecule has 0 bridgehead atoms. The highest BCUT2D eigenvalue weighted by Gasteiger charge is 2.51. The summed E-state index contributed by atoms with van der Waals surface area (Å²) in [6.07, 6.45) is 7.04. The van der Waals surface area contributed by atoms with Gasteiger partial charge in [-0.2, -0.15) is 0 Å². The number of para-hydroxylation sites is 1. The Labute approximate surface area is 173 Å². The monoisotopic (exact) mass is 389 g/mol. The number of carbonyl (C=O) groups excluding carboxylic acids is 1. The van der Waals surface area contributed by atoms with Crippen LogP contribution in [0.5, 0.6) is 0 Å². The Balaban J connectivity index is 1.34. The fourth-order valence-electron chi connectivity index (χ4n) is 5.90. The molecular formula is C25H31N3O. The second-order valence-electron chi connectivity index (χ2n) is 8.86. The van der Waals surface area contributed by atoms with E-state index in [9.17, 15) is 4.79 Å². The quantitative estimate of drug-likeness (QED) is 0.857. The summed E-state index contributed by atoms with van der Waals surface area (Å²) in [6.45, 7) is 2.63. The molecule has 2 atom stereocenters. The highest BCUT2D eigenvalue weighted by Crippen LogP contribution is 2.41. The molecule has 5 rings (SSSR count). The van der Waals surface area contributed by atoms with Gasteiger partial charge in [-0.3, -0.25) is 9.69 Å². The smallest absolute Gasteiger partial charge is 0.247 e. The van der Waals surface area contributed by atoms with Crippen LogP contribution in [-0.2, 0) is 4.79 Å². The minimum atomic E-state index is -0.380. The Morgan fingerprint density at radius 1 is 0.862 bits per heavy atom.